The molecule has 3 rings (SSSR count). The van der Waals surface area contributed by atoms with Gasteiger partial charge in [0.05, 0.1) is 19.0 Å². The highest BCUT2D eigenvalue weighted by atomic mass is 32.2. The van der Waals surface area contributed by atoms with Gasteiger partial charge in [-0.3, -0.25) is 4.79 Å². The second kappa shape index (κ2) is 8.46. The molecule has 1 heterocycles. The molecule has 3 aromatic rings. The van der Waals surface area contributed by atoms with Crippen LogP contribution in [0.3, 0.4) is 0 Å². The molecule has 0 fully saturated rings. The molecule has 0 saturated carbocycles. The Bertz CT molecular complexity index is 1110. The fraction of sp³-hybridized carbons (Fsp3) is 0.200. The van der Waals surface area contributed by atoms with Crippen LogP contribution in [0.5, 0.6) is 5.75 Å². The maximum atomic E-state index is 12.8. The standard InChI is InChI=1S/C20H22N4O4S/c1-21-29(26,27)19-11-16(9-10-18(19)28-3)20(25)23(2)13-15-12-22-24(14-15)17-7-5-4-6-8-17/h4-12,14,21H,13H2,1-3H3. The zero-order valence-corrected chi connectivity index (χ0v) is 17.2. The number of hydrogen-bond acceptors (Lipinski definition) is 5. The second-order valence-corrected chi connectivity index (χ2v) is 8.22. The van der Waals surface area contributed by atoms with Gasteiger partial charge in [-0.25, -0.2) is 17.8 Å². The van der Waals surface area contributed by atoms with Crippen molar-refractivity contribution in [2.45, 2.75) is 11.4 Å². The number of carbonyl (C=O) groups excluding carboxylic acids is 1. The highest BCUT2D eigenvalue weighted by molar-refractivity contribution is 7.89. The van der Waals surface area contributed by atoms with Gasteiger partial charge in [0.15, 0.2) is 0 Å². The zero-order valence-electron chi connectivity index (χ0n) is 16.4. The van der Waals surface area contributed by atoms with E-state index in [-0.39, 0.29) is 22.1 Å². The molecule has 9 heteroatoms. The molecule has 152 valence electrons. The maximum absolute atomic E-state index is 12.8. The van der Waals surface area contributed by atoms with Gasteiger partial charge in [-0.1, -0.05) is 18.2 Å². The monoisotopic (exact) mass is 414 g/mol. The molecule has 0 atom stereocenters. The van der Waals surface area contributed by atoms with Crippen molar-refractivity contribution < 1.29 is 17.9 Å². The maximum Gasteiger partial charge on any atom is 0.253 e. The van der Waals surface area contributed by atoms with Gasteiger partial charge in [0, 0.05) is 30.9 Å². The van der Waals surface area contributed by atoms with Crippen LogP contribution in [-0.2, 0) is 16.6 Å². The van der Waals surface area contributed by atoms with Crippen LogP contribution in [0.2, 0.25) is 0 Å². The average Bonchev–Trinajstić information content (AvgIpc) is 3.21. The Morgan fingerprint density at radius 3 is 2.59 bits per heavy atom. The van der Waals surface area contributed by atoms with E-state index in [0.29, 0.717) is 6.54 Å². The number of benzene rings is 2. The molecule has 1 amide bonds. The summed E-state index contributed by atoms with van der Waals surface area (Å²) in [5.74, 6) is -0.143. The molecular formula is C20H22N4O4S. The zero-order chi connectivity index (χ0) is 21.0. The number of nitrogens with zero attached hydrogens (tertiary/aromatic N) is 3. The fourth-order valence-electron chi connectivity index (χ4n) is 2.86. The summed E-state index contributed by atoms with van der Waals surface area (Å²) in [6.45, 7) is 0.325. The highest BCUT2D eigenvalue weighted by Crippen LogP contribution is 2.25. The summed E-state index contributed by atoms with van der Waals surface area (Å²) in [7, 11) is 0.566. The minimum atomic E-state index is -3.77. The summed E-state index contributed by atoms with van der Waals surface area (Å²) in [5.41, 5.74) is 2.02. The Labute approximate surface area is 169 Å². The first-order valence-electron chi connectivity index (χ1n) is 8.81. The lowest BCUT2D eigenvalue weighted by Crippen LogP contribution is -2.27. The molecule has 0 unspecified atom stereocenters. The van der Waals surface area contributed by atoms with Gasteiger partial charge < -0.3 is 9.64 Å². The predicted molar refractivity (Wildman–Crippen MR) is 109 cm³/mol. The Balaban J connectivity index is 1.80. The number of hydrogen-bond donors (Lipinski definition) is 1. The smallest absolute Gasteiger partial charge is 0.253 e. The number of aromatic nitrogens is 2. The van der Waals surface area contributed by atoms with E-state index < -0.39 is 10.0 Å². The number of carbonyl (C=O) groups is 1. The summed E-state index contributed by atoms with van der Waals surface area (Å²) in [6.07, 6.45) is 3.55. The third-order valence-corrected chi connectivity index (χ3v) is 5.83. The van der Waals surface area contributed by atoms with Crippen molar-refractivity contribution >= 4 is 15.9 Å². The van der Waals surface area contributed by atoms with Crippen LogP contribution in [0.25, 0.3) is 5.69 Å². The first-order chi connectivity index (χ1) is 13.9. The van der Waals surface area contributed by atoms with Crippen LogP contribution in [0.1, 0.15) is 15.9 Å². The second-order valence-electron chi connectivity index (χ2n) is 6.36. The van der Waals surface area contributed by atoms with Crippen LogP contribution in [0, 0.1) is 0 Å². The summed E-state index contributed by atoms with van der Waals surface area (Å²) >= 11 is 0. The highest BCUT2D eigenvalue weighted by Gasteiger charge is 2.21. The lowest BCUT2D eigenvalue weighted by molar-refractivity contribution is 0.0785. The number of para-hydroxylation sites is 1. The van der Waals surface area contributed by atoms with E-state index in [1.165, 1.54) is 31.2 Å². The number of rotatable bonds is 7. The molecule has 0 aliphatic heterocycles. The molecule has 1 aromatic heterocycles. The number of nitrogens with one attached hydrogen (secondary N) is 1. The molecule has 29 heavy (non-hydrogen) atoms. The SMILES string of the molecule is CNS(=O)(=O)c1cc(C(=O)N(C)Cc2cnn(-c3ccccc3)c2)ccc1OC. The molecule has 0 saturated heterocycles. The molecule has 8 nitrogen and oxygen atoms in total. The predicted octanol–water partition coefficient (Wildman–Crippen LogP) is 2.06. The first kappa shape index (κ1) is 20.6. The van der Waals surface area contributed by atoms with Crippen molar-refractivity contribution in [1.29, 1.82) is 0 Å². The van der Waals surface area contributed by atoms with Crippen molar-refractivity contribution in [3.63, 3.8) is 0 Å². The van der Waals surface area contributed by atoms with Crippen molar-refractivity contribution in [3.8, 4) is 11.4 Å². The van der Waals surface area contributed by atoms with Gasteiger partial charge in [0.1, 0.15) is 10.6 Å². The van der Waals surface area contributed by atoms with Crippen molar-refractivity contribution in [1.82, 2.24) is 19.4 Å². The van der Waals surface area contributed by atoms with E-state index in [9.17, 15) is 13.2 Å². The third-order valence-electron chi connectivity index (χ3n) is 4.39. The number of methoxy groups -OCH3 is 1. The Hall–Kier alpha value is -3.17. The Kier molecular flexibility index (Phi) is 6.00. The quantitative estimate of drug-likeness (QED) is 0.639. The Morgan fingerprint density at radius 1 is 1.21 bits per heavy atom. The van der Waals surface area contributed by atoms with Crippen LogP contribution >= 0.6 is 0 Å². The van der Waals surface area contributed by atoms with Gasteiger partial charge >= 0.3 is 0 Å². The Morgan fingerprint density at radius 2 is 1.93 bits per heavy atom. The molecule has 0 radical (unpaired) electrons. The largest absolute Gasteiger partial charge is 0.495 e. The minimum absolute atomic E-state index is 0.0846. The molecular weight excluding hydrogens is 392 g/mol. The number of sulfonamides is 1. The van der Waals surface area contributed by atoms with Crippen LogP contribution in [0.15, 0.2) is 65.8 Å². The van der Waals surface area contributed by atoms with E-state index in [1.807, 2.05) is 36.5 Å². The van der Waals surface area contributed by atoms with Gasteiger partial charge in [-0.2, -0.15) is 5.10 Å². The van der Waals surface area contributed by atoms with Gasteiger partial charge in [0.2, 0.25) is 10.0 Å². The minimum Gasteiger partial charge on any atom is -0.495 e. The van der Waals surface area contributed by atoms with Gasteiger partial charge in [-0.15, -0.1) is 0 Å². The van der Waals surface area contributed by atoms with Crippen LogP contribution < -0.4 is 9.46 Å². The van der Waals surface area contributed by atoms with Crippen molar-refractivity contribution in [2.75, 3.05) is 21.2 Å². The molecule has 2 aromatic carbocycles. The molecule has 0 bridgehead atoms. The first-order valence-corrected chi connectivity index (χ1v) is 10.3. The van der Waals surface area contributed by atoms with Crippen molar-refractivity contribution in [3.05, 3.63) is 72.1 Å². The van der Waals surface area contributed by atoms with Gasteiger partial charge in [-0.05, 0) is 37.4 Å². The number of amides is 1. The van der Waals surface area contributed by atoms with E-state index in [4.69, 9.17) is 4.74 Å². The lowest BCUT2D eigenvalue weighted by atomic mass is 10.2. The molecule has 0 spiro atoms. The molecule has 0 aliphatic rings. The van der Waals surface area contributed by atoms with E-state index in [1.54, 1.807) is 24.0 Å². The summed E-state index contributed by atoms with van der Waals surface area (Å²) in [6, 6.07) is 14.0. The van der Waals surface area contributed by atoms with Crippen LogP contribution in [0.4, 0.5) is 0 Å². The normalized spacial score (nSPS) is 11.3. The van der Waals surface area contributed by atoms with E-state index in [0.717, 1.165) is 11.3 Å². The topological polar surface area (TPSA) is 93.5 Å². The van der Waals surface area contributed by atoms with Crippen molar-refractivity contribution in [2.24, 2.45) is 0 Å². The van der Waals surface area contributed by atoms with E-state index in [2.05, 4.69) is 9.82 Å². The fourth-order valence-corrected chi connectivity index (χ4v) is 3.78. The average molecular weight is 414 g/mol. The summed E-state index contributed by atoms with van der Waals surface area (Å²) in [5, 5.41) is 4.33. The van der Waals surface area contributed by atoms with Crippen LogP contribution in [-0.4, -0.2) is 50.2 Å². The van der Waals surface area contributed by atoms with E-state index >= 15 is 0 Å². The lowest BCUT2D eigenvalue weighted by Gasteiger charge is -2.17. The number of ether oxygens (including phenoxy) is 1. The third kappa shape index (κ3) is 4.47. The summed E-state index contributed by atoms with van der Waals surface area (Å²) < 4.78 is 33.5. The molecule has 0 aliphatic carbocycles. The summed E-state index contributed by atoms with van der Waals surface area (Å²) in [4.78, 5) is 14.3. The molecule has 1 N–H and O–H groups in total. The van der Waals surface area contributed by atoms with Gasteiger partial charge in [0.25, 0.3) is 5.91 Å².